The molecule has 0 radical (unpaired) electrons. The van der Waals surface area contributed by atoms with Crippen molar-refractivity contribution in [1.82, 2.24) is 4.90 Å². The molecule has 1 atom stereocenters. The third kappa shape index (κ3) is 5.01. The van der Waals surface area contributed by atoms with Crippen LogP contribution in [0, 0.1) is 5.92 Å². The van der Waals surface area contributed by atoms with E-state index in [1.165, 1.54) is 12.0 Å². The smallest absolute Gasteiger partial charge is 0.115 e. The highest BCUT2D eigenvalue weighted by molar-refractivity contribution is 5.27. The topological polar surface area (TPSA) is 43.7 Å². The number of aliphatic hydroxyl groups excluding tert-OH is 1. The van der Waals surface area contributed by atoms with Gasteiger partial charge in [0, 0.05) is 19.1 Å². The molecule has 1 fully saturated rings. The maximum absolute atomic E-state index is 9.71. The minimum Gasteiger partial charge on any atom is -0.508 e. The van der Waals surface area contributed by atoms with E-state index < -0.39 is 0 Å². The average Bonchev–Trinajstić information content (AvgIpc) is 2.47. The van der Waals surface area contributed by atoms with Gasteiger partial charge in [0.05, 0.1) is 6.10 Å². The molecule has 0 heterocycles. The number of phenols is 1. The van der Waals surface area contributed by atoms with E-state index in [1.54, 1.807) is 6.07 Å². The van der Waals surface area contributed by atoms with E-state index in [4.69, 9.17) is 0 Å². The Bertz CT molecular complexity index is 427. The van der Waals surface area contributed by atoms with Crippen LogP contribution in [0.2, 0.25) is 0 Å². The highest BCUT2D eigenvalue weighted by Gasteiger charge is 2.25. The van der Waals surface area contributed by atoms with Crippen molar-refractivity contribution in [2.24, 2.45) is 5.92 Å². The Morgan fingerprint density at radius 2 is 1.95 bits per heavy atom. The maximum atomic E-state index is 9.71. The molecule has 1 saturated carbocycles. The number of nitrogens with zero attached hydrogens (tertiary/aromatic N) is 1. The maximum Gasteiger partial charge on any atom is 0.115 e. The zero-order valence-electron chi connectivity index (χ0n) is 13.3. The molecule has 1 aliphatic carbocycles. The fourth-order valence-corrected chi connectivity index (χ4v) is 3.18. The van der Waals surface area contributed by atoms with Crippen LogP contribution in [0.25, 0.3) is 0 Å². The van der Waals surface area contributed by atoms with Gasteiger partial charge >= 0.3 is 0 Å². The van der Waals surface area contributed by atoms with Gasteiger partial charge in [0.25, 0.3) is 0 Å². The summed E-state index contributed by atoms with van der Waals surface area (Å²) in [5.74, 6) is 1.02. The molecular formula is C18H29NO2. The lowest BCUT2D eigenvalue weighted by atomic mass is 9.91. The molecule has 0 spiro atoms. The quantitative estimate of drug-likeness (QED) is 0.842. The predicted octanol–water partition coefficient (Wildman–Crippen LogP) is 3.54. The second kappa shape index (κ2) is 7.81. The summed E-state index contributed by atoms with van der Waals surface area (Å²) in [6.45, 7) is 6.52. The molecule has 1 aromatic carbocycles. The number of phenolic OH excluding ortho intramolecular Hbond substituents is 1. The van der Waals surface area contributed by atoms with Crippen LogP contribution >= 0.6 is 0 Å². The predicted molar refractivity (Wildman–Crippen MR) is 86.2 cm³/mol. The highest BCUT2D eigenvalue weighted by atomic mass is 16.3. The Balaban J connectivity index is 2.04. The summed E-state index contributed by atoms with van der Waals surface area (Å²) in [5.41, 5.74) is 1.17. The summed E-state index contributed by atoms with van der Waals surface area (Å²) >= 11 is 0. The third-order valence-electron chi connectivity index (χ3n) is 4.72. The van der Waals surface area contributed by atoms with E-state index in [-0.39, 0.29) is 6.10 Å². The van der Waals surface area contributed by atoms with Gasteiger partial charge in [-0.25, -0.2) is 0 Å². The molecule has 1 unspecified atom stereocenters. The summed E-state index contributed by atoms with van der Waals surface area (Å²) in [5, 5.41) is 19.4. The zero-order valence-corrected chi connectivity index (χ0v) is 13.3. The third-order valence-corrected chi connectivity index (χ3v) is 4.72. The average molecular weight is 291 g/mol. The number of benzene rings is 1. The van der Waals surface area contributed by atoms with Crippen LogP contribution in [0.1, 0.15) is 51.5 Å². The van der Waals surface area contributed by atoms with Crippen LogP contribution in [0.4, 0.5) is 0 Å². The van der Waals surface area contributed by atoms with Crippen molar-refractivity contribution in [3.63, 3.8) is 0 Å². The fourth-order valence-electron chi connectivity index (χ4n) is 3.18. The lowest BCUT2D eigenvalue weighted by Crippen LogP contribution is -2.40. The Labute approximate surface area is 128 Å². The van der Waals surface area contributed by atoms with Crippen LogP contribution in [0.3, 0.4) is 0 Å². The largest absolute Gasteiger partial charge is 0.508 e. The summed E-state index contributed by atoms with van der Waals surface area (Å²) in [6.07, 6.45) is 5.08. The molecule has 2 rings (SSSR count). The monoisotopic (exact) mass is 291 g/mol. The van der Waals surface area contributed by atoms with Crippen molar-refractivity contribution in [2.45, 2.75) is 64.6 Å². The van der Waals surface area contributed by atoms with Crippen molar-refractivity contribution in [3.8, 4) is 5.75 Å². The molecule has 0 bridgehead atoms. The van der Waals surface area contributed by atoms with E-state index in [0.29, 0.717) is 17.7 Å². The minimum absolute atomic E-state index is 0.104. The molecule has 0 aliphatic heterocycles. The minimum atomic E-state index is -0.104. The van der Waals surface area contributed by atoms with E-state index in [1.807, 2.05) is 12.1 Å². The first-order valence-electron chi connectivity index (χ1n) is 8.28. The number of aromatic hydroxyl groups is 1. The van der Waals surface area contributed by atoms with Gasteiger partial charge in [-0.15, -0.1) is 0 Å². The molecule has 21 heavy (non-hydrogen) atoms. The molecule has 1 aromatic rings. The molecule has 3 nitrogen and oxygen atoms in total. The van der Waals surface area contributed by atoms with Crippen LogP contribution in [-0.4, -0.2) is 33.8 Å². The number of hydrogen-bond donors (Lipinski definition) is 2. The second-order valence-corrected chi connectivity index (χ2v) is 6.58. The molecule has 0 saturated heterocycles. The lowest BCUT2D eigenvalue weighted by Gasteiger charge is -2.37. The van der Waals surface area contributed by atoms with Crippen LogP contribution in [0.5, 0.6) is 5.75 Å². The van der Waals surface area contributed by atoms with E-state index in [2.05, 4.69) is 24.8 Å². The summed E-state index contributed by atoms with van der Waals surface area (Å²) in [7, 11) is 0. The van der Waals surface area contributed by atoms with Gasteiger partial charge in [0.15, 0.2) is 0 Å². The van der Waals surface area contributed by atoms with Crippen LogP contribution < -0.4 is 0 Å². The first-order valence-corrected chi connectivity index (χ1v) is 8.28. The molecular weight excluding hydrogens is 262 g/mol. The standard InChI is InChI=1S/C18H29NO2/c1-3-14(2)12-19(16-7-9-17(20)10-8-16)13-15-5-4-6-18(21)11-15/h4-6,11,14,16-17,20-21H,3,7-10,12-13H2,1-2H3. The molecule has 1 aliphatic rings. The van der Waals surface area contributed by atoms with Crippen molar-refractivity contribution in [2.75, 3.05) is 6.54 Å². The van der Waals surface area contributed by atoms with E-state index in [9.17, 15) is 10.2 Å². The van der Waals surface area contributed by atoms with Gasteiger partial charge in [0.1, 0.15) is 5.75 Å². The molecule has 0 aromatic heterocycles. The SMILES string of the molecule is CCC(C)CN(Cc1cccc(O)c1)C1CCC(O)CC1. The fraction of sp³-hybridized carbons (Fsp3) is 0.667. The Kier molecular flexibility index (Phi) is 6.07. The Morgan fingerprint density at radius 3 is 2.57 bits per heavy atom. The zero-order chi connectivity index (χ0) is 15.2. The number of aliphatic hydroxyl groups is 1. The number of rotatable bonds is 6. The number of hydrogen-bond acceptors (Lipinski definition) is 3. The Hall–Kier alpha value is -1.06. The summed E-state index contributed by atoms with van der Waals surface area (Å²) in [4.78, 5) is 2.55. The van der Waals surface area contributed by atoms with Crippen molar-refractivity contribution in [1.29, 1.82) is 0 Å². The van der Waals surface area contributed by atoms with Crippen LogP contribution in [-0.2, 0) is 6.54 Å². The second-order valence-electron chi connectivity index (χ2n) is 6.58. The van der Waals surface area contributed by atoms with Gasteiger partial charge in [-0.05, 0) is 49.3 Å². The van der Waals surface area contributed by atoms with Gasteiger partial charge < -0.3 is 10.2 Å². The van der Waals surface area contributed by atoms with Crippen molar-refractivity contribution >= 4 is 0 Å². The van der Waals surface area contributed by atoms with E-state index >= 15 is 0 Å². The van der Waals surface area contributed by atoms with E-state index in [0.717, 1.165) is 38.8 Å². The summed E-state index contributed by atoms with van der Waals surface area (Å²) in [6, 6.07) is 8.14. The van der Waals surface area contributed by atoms with Crippen LogP contribution in [0.15, 0.2) is 24.3 Å². The molecule has 2 N–H and O–H groups in total. The first-order chi connectivity index (χ1) is 10.1. The van der Waals surface area contributed by atoms with Gasteiger partial charge in [0.2, 0.25) is 0 Å². The first kappa shape index (κ1) is 16.3. The lowest BCUT2D eigenvalue weighted by molar-refractivity contribution is 0.0631. The molecule has 3 heteroatoms. The van der Waals surface area contributed by atoms with Crippen molar-refractivity contribution in [3.05, 3.63) is 29.8 Å². The van der Waals surface area contributed by atoms with Gasteiger partial charge in [-0.1, -0.05) is 32.4 Å². The van der Waals surface area contributed by atoms with Crippen molar-refractivity contribution < 1.29 is 10.2 Å². The van der Waals surface area contributed by atoms with Gasteiger partial charge in [-0.2, -0.15) is 0 Å². The molecule has 118 valence electrons. The Morgan fingerprint density at radius 1 is 1.24 bits per heavy atom. The van der Waals surface area contributed by atoms with Gasteiger partial charge in [-0.3, -0.25) is 4.90 Å². The highest BCUT2D eigenvalue weighted by Crippen LogP contribution is 2.26. The normalized spacial score (nSPS) is 24.2. The molecule has 0 amide bonds. The summed E-state index contributed by atoms with van der Waals surface area (Å²) < 4.78 is 0.